The molecule has 1 fully saturated rings. The van der Waals surface area contributed by atoms with Crippen molar-refractivity contribution in [3.05, 3.63) is 59.7 Å². The van der Waals surface area contributed by atoms with Gasteiger partial charge >= 0.3 is 0 Å². The Hall–Kier alpha value is -3.35. The number of benzene rings is 2. The Labute approximate surface area is 195 Å². The zero-order valence-corrected chi connectivity index (χ0v) is 19.5. The molecule has 0 radical (unpaired) electrons. The van der Waals surface area contributed by atoms with Gasteiger partial charge in [0, 0.05) is 41.6 Å². The first kappa shape index (κ1) is 24.3. The van der Waals surface area contributed by atoms with Crippen molar-refractivity contribution in [1.29, 1.82) is 0 Å². The maximum absolute atomic E-state index is 12.6. The minimum Gasteiger partial charge on any atom is -0.376 e. The minimum absolute atomic E-state index is 0.00306. The van der Waals surface area contributed by atoms with E-state index in [9.17, 15) is 14.4 Å². The van der Waals surface area contributed by atoms with Crippen molar-refractivity contribution < 1.29 is 14.4 Å². The summed E-state index contributed by atoms with van der Waals surface area (Å²) in [5.74, 6) is -0.324. The van der Waals surface area contributed by atoms with Crippen molar-refractivity contribution in [2.75, 3.05) is 30.3 Å². The fourth-order valence-corrected chi connectivity index (χ4v) is 4.07. The molecular formula is C26H34N4O3. The largest absolute Gasteiger partial charge is 0.376 e. The normalized spacial score (nSPS) is 13.8. The SMILES string of the molecule is CCN(CC)C(=O)c1ccc(NCC(=O)Nc2cccc(C(=O)NC3CCCCC3)c2)cc1. The Balaban J connectivity index is 1.50. The summed E-state index contributed by atoms with van der Waals surface area (Å²) in [6.45, 7) is 5.31. The van der Waals surface area contributed by atoms with Crippen LogP contribution in [-0.2, 0) is 4.79 Å². The van der Waals surface area contributed by atoms with Crippen molar-refractivity contribution in [2.45, 2.75) is 52.0 Å². The summed E-state index contributed by atoms with van der Waals surface area (Å²) in [7, 11) is 0. The maximum Gasteiger partial charge on any atom is 0.253 e. The van der Waals surface area contributed by atoms with Crippen LogP contribution in [0, 0.1) is 0 Å². The van der Waals surface area contributed by atoms with Crippen molar-refractivity contribution in [2.24, 2.45) is 0 Å². The van der Waals surface area contributed by atoms with Crippen LogP contribution in [0.3, 0.4) is 0 Å². The molecule has 0 saturated heterocycles. The van der Waals surface area contributed by atoms with Gasteiger partial charge in [0.15, 0.2) is 0 Å². The smallest absolute Gasteiger partial charge is 0.253 e. The number of hydrogen-bond acceptors (Lipinski definition) is 4. The van der Waals surface area contributed by atoms with Gasteiger partial charge in [-0.05, 0) is 69.2 Å². The van der Waals surface area contributed by atoms with E-state index in [2.05, 4.69) is 16.0 Å². The van der Waals surface area contributed by atoms with Gasteiger partial charge in [-0.15, -0.1) is 0 Å². The zero-order valence-electron chi connectivity index (χ0n) is 19.5. The second kappa shape index (κ2) is 12.0. The van der Waals surface area contributed by atoms with E-state index in [-0.39, 0.29) is 30.3 Å². The first-order valence-electron chi connectivity index (χ1n) is 11.8. The number of anilines is 2. The highest BCUT2D eigenvalue weighted by Gasteiger charge is 2.17. The van der Waals surface area contributed by atoms with Gasteiger partial charge in [0.05, 0.1) is 6.54 Å². The second-order valence-electron chi connectivity index (χ2n) is 8.35. The lowest BCUT2D eigenvalue weighted by atomic mass is 9.95. The predicted octanol–water partition coefficient (Wildman–Crippen LogP) is 4.28. The molecule has 33 heavy (non-hydrogen) atoms. The number of nitrogens with zero attached hydrogens (tertiary/aromatic N) is 1. The molecule has 176 valence electrons. The van der Waals surface area contributed by atoms with Crippen molar-refractivity contribution >= 4 is 29.1 Å². The molecule has 0 bridgehead atoms. The molecule has 1 aliphatic rings. The number of amides is 3. The van der Waals surface area contributed by atoms with Crippen LogP contribution in [0.5, 0.6) is 0 Å². The van der Waals surface area contributed by atoms with E-state index >= 15 is 0 Å². The first-order valence-corrected chi connectivity index (χ1v) is 11.8. The lowest BCUT2D eigenvalue weighted by Crippen LogP contribution is -2.36. The fraction of sp³-hybridized carbons (Fsp3) is 0.423. The maximum atomic E-state index is 12.6. The number of hydrogen-bond donors (Lipinski definition) is 3. The summed E-state index contributed by atoms with van der Waals surface area (Å²) >= 11 is 0. The molecule has 7 nitrogen and oxygen atoms in total. The van der Waals surface area contributed by atoms with Gasteiger partial charge in [0.2, 0.25) is 5.91 Å². The quantitative estimate of drug-likeness (QED) is 0.532. The molecule has 0 unspecified atom stereocenters. The Bertz CT molecular complexity index is 948. The van der Waals surface area contributed by atoms with Crippen LogP contribution in [0.1, 0.15) is 66.7 Å². The molecule has 0 heterocycles. The van der Waals surface area contributed by atoms with E-state index in [1.165, 1.54) is 6.42 Å². The molecule has 2 aromatic carbocycles. The predicted molar refractivity (Wildman–Crippen MR) is 132 cm³/mol. The van der Waals surface area contributed by atoms with Crippen molar-refractivity contribution in [1.82, 2.24) is 10.2 Å². The third-order valence-electron chi connectivity index (χ3n) is 5.98. The molecule has 1 aliphatic carbocycles. The van der Waals surface area contributed by atoms with Crippen LogP contribution >= 0.6 is 0 Å². The summed E-state index contributed by atoms with van der Waals surface area (Å²) in [5, 5.41) is 8.99. The third kappa shape index (κ3) is 7.07. The molecule has 7 heteroatoms. The monoisotopic (exact) mass is 450 g/mol. The van der Waals surface area contributed by atoms with Gasteiger partial charge in [0.25, 0.3) is 11.8 Å². The van der Waals surface area contributed by atoms with Gasteiger partial charge < -0.3 is 20.9 Å². The highest BCUT2D eigenvalue weighted by molar-refractivity contribution is 5.98. The van der Waals surface area contributed by atoms with E-state index in [1.807, 2.05) is 13.8 Å². The number of rotatable bonds is 9. The molecule has 0 aromatic heterocycles. The molecule has 3 N–H and O–H groups in total. The molecular weight excluding hydrogens is 416 g/mol. The summed E-state index contributed by atoms with van der Waals surface area (Å²) in [4.78, 5) is 39.1. The molecule has 3 amide bonds. The van der Waals surface area contributed by atoms with Crippen LogP contribution in [0.4, 0.5) is 11.4 Å². The van der Waals surface area contributed by atoms with E-state index in [4.69, 9.17) is 0 Å². The summed E-state index contributed by atoms with van der Waals surface area (Å²) in [5.41, 5.74) is 2.50. The van der Waals surface area contributed by atoms with E-state index < -0.39 is 0 Å². The zero-order chi connectivity index (χ0) is 23.6. The molecule has 3 rings (SSSR count). The molecule has 1 saturated carbocycles. The summed E-state index contributed by atoms with van der Waals surface area (Å²) in [6.07, 6.45) is 5.60. The van der Waals surface area contributed by atoms with Gasteiger partial charge in [0.1, 0.15) is 0 Å². The Kier molecular flexibility index (Phi) is 8.87. The highest BCUT2D eigenvalue weighted by atomic mass is 16.2. The Morgan fingerprint density at radius 2 is 1.58 bits per heavy atom. The van der Waals surface area contributed by atoms with E-state index in [0.717, 1.165) is 31.4 Å². The number of nitrogens with one attached hydrogen (secondary N) is 3. The second-order valence-corrected chi connectivity index (χ2v) is 8.35. The lowest BCUT2D eigenvalue weighted by molar-refractivity contribution is -0.114. The van der Waals surface area contributed by atoms with Crippen LogP contribution < -0.4 is 16.0 Å². The fourth-order valence-electron chi connectivity index (χ4n) is 4.07. The van der Waals surface area contributed by atoms with Gasteiger partial charge in [-0.25, -0.2) is 0 Å². The Morgan fingerprint density at radius 1 is 0.879 bits per heavy atom. The van der Waals surface area contributed by atoms with E-state index in [1.54, 1.807) is 53.4 Å². The minimum atomic E-state index is -0.219. The van der Waals surface area contributed by atoms with Crippen LogP contribution in [0.2, 0.25) is 0 Å². The average molecular weight is 451 g/mol. The van der Waals surface area contributed by atoms with Crippen LogP contribution in [0.15, 0.2) is 48.5 Å². The topological polar surface area (TPSA) is 90.5 Å². The molecule has 0 spiro atoms. The van der Waals surface area contributed by atoms with Crippen LogP contribution in [-0.4, -0.2) is 48.3 Å². The van der Waals surface area contributed by atoms with Crippen LogP contribution in [0.25, 0.3) is 0 Å². The van der Waals surface area contributed by atoms with Gasteiger partial charge in [-0.3, -0.25) is 14.4 Å². The first-order chi connectivity index (χ1) is 16.0. The lowest BCUT2D eigenvalue weighted by Gasteiger charge is -2.22. The standard InChI is InChI=1S/C26H34N4O3/c1-3-30(4-2)26(33)19-13-15-21(16-14-19)27-18-24(31)28-23-12-8-9-20(17-23)25(32)29-22-10-6-5-7-11-22/h8-9,12-17,22,27H,3-7,10-11,18H2,1-2H3,(H,28,31)(H,29,32). The summed E-state index contributed by atoms with van der Waals surface area (Å²) < 4.78 is 0. The third-order valence-corrected chi connectivity index (χ3v) is 5.98. The molecule has 0 atom stereocenters. The van der Waals surface area contributed by atoms with E-state index in [0.29, 0.717) is 29.9 Å². The van der Waals surface area contributed by atoms with Gasteiger partial charge in [-0.1, -0.05) is 25.3 Å². The Morgan fingerprint density at radius 3 is 2.24 bits per heavy atom. The van der Waals surface area contributed by atoms with Crippen molar-refractivity contribution in [3.63, 3.8) is 0 Å². The number of carbonyl (C=O) groups excluding carboxylic acids is 3. The molecule has 2 aromatic rings. The average Bonchev–Trinajstić information content (AvgIpc) is 2.84. The molecule has 0 aliphatic heterocycles. The summed E-state index contributed by atoms with van der Waals surface area (Å²) in [6, 6.07) is 14.3. The van der Waals surface area contributed by atoms with Gasteiger partial charge in [-0.2, -0.15) is 0 Å². The number of carbonyl (C=O) groups is 3. The highest BCUT2D eigenvalue weighted by Crippen LogP contribution is 2.18. The van der Waals surface area contributed by atoms with Crippen molar-refractivity contribution in [3.8, 4) is 0 Å².